The first kappa shape index (κ1) is 11.6. The Kier molecular flexibility index (Phi) is 3.29. The number of ether oxygens (including phenoxy) is 1. The molecule has 3 nitrogen and oxygen atoms in total. The van der Waals surface area contributed by atoms with E-state index in [2.05, 4.69) is 0 Å². The van der Waals surface area contributed by atoms with E-state index < -0.39 is 9.05 Å². The fourth-order valence-corrected chi connectivity index (χ4v) is 2.56. The van der Waals surface area contributed by atoms with Gasteiger partial charge in [0.1, 0.15) is 5.75 Å². The monoisotopic (exact) mass is 254 g/mol. The van der Waals surface area contributed by atoms with E-state index in [-0.39, 0.29) is 9.92 Å². The van der Waals surface area contributed by atoms with Crippen molar-refractivity contribution in [2.75, 3.05) is 7.11 Å². The quantitative estimate of drug-likeness (QED) is 0.763. The normalized spacial score (nSPS) is 11.4. The third-order valence-corrected chi connectivity index (χ3v) is 3.72. The second-order valence-electron chi connectivity index (χ2n) is 2.64. The van der Waals surface area contributed by atoms with Crippen molar-refractivity contribution in [2.24, 2.45) is 0 Å². The van der Waals surface area contributed by atoms with Crippen LogP contribution in [0.4, 0.5) is 0 Å². The van der Waals surface area contributed by atoms with Crippen molar-refractivity contribution in [3.8, 4) is 5.75 Å². The first-order valence-electron chi connectivity index (χ1n) is 3.65. The van der Waals surface area contributed by atoms with E-state index in [9.17, 15) is 8.42 Å². The maximum Gasteiger partial charge on any atom is 0.261 e. The first-order chi connectivity index (χ1) is 6.38. The van der Waals surface area contributed by atoms with Gasteiger partial charge >= 0.3 is 0 Å². The Morgan fingerprint density at radius 3 is 2.36 bits per heavy atom. The molecule has 0 atom stereocenters. The van der Waals surface area contributed by atoms with E-state index in [0.717, 1.165) is 0 Å². The Hall–Kier alpha value is -0.450. The summed E-state index contributed by atoms with van der Waals surface area (Å²) in [5.41, 5.74) is 0.390. The minimum atomic E-state index is -3.75. The highest BCUT2D eigenvalue weighted by Gasteiger charge is 2.17. The lowest BCUT2D eigenvalue weighted by molar-refractivity contribution is 0.414. The molecule has 14 heavy (non-hydrogen) atoms. The molecule has 1 aromatic carbocycles. The zero-order valence-electron chi connectivity index (χ0n) is 7.54. The molecule has 6 heteroatoms. The summed E-state index contributed by atoms with van der Waals surface area (Å²) in [5, 5.41) is 0.259. The molecule has 1 rings (SSSR count). The molecule has 0 N–H and O–H groups in total. The van der Waals surface area contributed by atoms with Gasteiger partial charge in [0, 0.05) is 10.7 Å². The molecule has 78 valence electrons. The summed E-state index contributed by atoms with van der Waals surface area (Å²) >= 11 is 5.86. The number of methoxy groups -OCH3 is 1. The number of rotatable bonds is 2. The van der Waals surface area contributed by atoms with Crippen molar-refractivity contribution >= 4 is 31.3 Å². The van der Waals surface area contributed by atoms with Crippen molar-refractivity contribution in [3.63, 3.8) is 0 Å². The van der Waals surface area contributed by atoms with E-state index >= 15 is 0 Å². The molecule has 0 spiro atoms. The molecule has 0 heterocycles. The molecular formula is C8H8Cl2O3S. The molecule has 0 fully saturated rings. The van der Waals surface area contributed by atoms with Crippen LogP contribution in [0.25, 0.3) is 0 Å². The van der Waals surface area contributed by atoms with Crippen LogP contribution in [0.5, 0.6) is 5.75 Å². The van der Waals surface area contributed by atoms with Crippen LogP contribution in [0, 0.1) is 6.92 Å². The van der Waals surface area contributed by atoms with Gasteiger partial charge < -0.3 is 4.74 Å². The van der Waals surface area contributed by atoms with E-state index in [1.807, 2.05) is 0 Å². The lowest BCUT2D eigenvalue weighted by Gasteiger charge is -2.08. The van der Waals surface area contributed by atoms with Crippen molar-refractivity contribution < 1.29 is 13.2 Å². The minimum Gasteiger partial charge on any atom is -0.495 e. The number of hydrogen-bond donors (Lipinski definition) is 0. The highest BCUT2D eigenvalue weighted by atomic mass is 35.7. The average Bonchev–Trinajstić information content (AvgIpc) is 2.07. The van der Waals surface area contributed by atoms with Crippen molar-refractivity contribution in [2.45, 2.75) is 11.8 Å². The van der Waals surface area contributed by atoms with E-state index in [1.54, 1.807) is 6.92 Å². The fraction of sp³-hybridized carbons (Fsp3) is 0.250. The standard InChI is InChI=1S/C8H8Cl2O3S/c1-5-7(14(10,11)12)4-3-6(13-2)8(5)9/h3-4H,1-2H3. The SMILES string of the molecule is COc1ccc(S(=O)(=O)Cl)c(C)c1Cl. The molecule has 0 aliphatic carbocycles. The largest absolute Gasteiger partial charge is 0.495 e. The van der Waals surface area contributed by atoms with Crippen LogP contribution in [0.2, 0.25) is 5.02 Å². The second kappa shape index (κ2) is 3.96. The van der Waals surface area contributed by atoms with Gasteiger partial charge in [0.25, 0.3) is 9.05 Å². The summed E-state index contributed by atoms with van der Waals surface area (Å²) in [6.07, 6.45) is 0. The summed E-state index contributed by atoms with van der Waals surface area (Å²) in [4.78, 5) is 0.00460. The van der Waals surface area contributed by atoms with Crippen LogP contribution in [-0.4, -0.2) is 15.5 Å². The molecular weight excluding hydrogens is 247 g/mol. The van der Waals surface area contributed by atoms with Gasteiger partial charge in [0.2, 0.25) is 0 Å². The van der Waals surface area contributed by atoms with Crippen LogP contribution in [0.1, 0.15) is 5.56 Å². The molecule has 0 aromatic heterocycles. The number of halogens is 2. The molecule has 1 aromatic rings. The predicted octanol–water partition coefficient (Wildman–Crippen LogP) is 2.58. The van der Waals surface area contributed by atoms with Crippen LogP contribution in [0.15, 0.2) is 17.0 Å². The van der Waals surface area contributed by atoms with Gasteiger partial charge in [-0.05, 0) is 24.6 Å². The van der Waals surface area contributed by atoms with Gasteiger partial charge in [-0.1, -0.05) is 11.6 Å². The van der Waals surface area contributed by atoms with E-state index in [1.165, 1.54) is 19.2 Å². The average molecular weight is 255 g/mol. The highest BCUT2D eigenvalue weighted by Crippen LogP contribution is 2.33. The van der Waals surface area contributed by atoms with Gasteiger partial charge in [0.15, 0.2) is 0 Å². The Labute approximate surface area is 92.0 Å². The van der Waals surface area contributed by atoms with Gasteiger partial charge in [-0.15, -0.1) is 0 Å². The van der Waals surface area contributed by atoms with E-state index in [4.69, 9.17) is 27.0 Å². The minimum absolute atomic E-state index is 0.00460. The Morgan fingerprint density at radius 1 is 1.36 bits per heavy atom. The van der Waals surface area contributed by atoms with Gasteiger partial charge in [-0.25, -0.2) is 8.42 Å². The summed E-state index contributed by atoms with van der Waals surface area (Å²) in [6, 6.07) is 2.83. The van der Waals surface area contributed by atoms with Gasteiger partial charge in [-0.2, -0.15) is 0 Å². The van der Waals surface area contributed by atoms with E-state index in [0.29, 0.717) is 11.3 Å². The zero-order valence-corrected chi connectivity index (χ0v) is 9.87. The first-order valence-corrected chi connectivity index (χ1v) is 6.34. The van der Waals surface area contributed by atoms with Crippen molar-refractivity contribution in [1.29, 1.82) is 0 Å². The summed E-state index contributed by atoms with van der Waals surface area (Å²) < 4.78 is 27.1. The molecule has 0 aliphatic heterocycles. The predicted molar refractivity (Wildman–Crippen MR) is 55.8 cm³/mol. The Balaban J connectivity index is 3.47. The van der Waals surface area contributed by atoms with Crippen LogP contribution in [-0.2, 0) is 9.05 Å². The number of hydrogen-bond acceptors (Lipinski definition) is 3. The fourth-order valence-electron chi connectivity index (χ4n) is 1.06. The van der Waals surface area contributed by atoms with Crippen LogP contribution in [0.3, 0.4) is 0 Å². The van der Waals surface area contributed by atoms with Crippen LogP contribution >= 0.6 is 22.3 Å². The lowest BCUT2D eigenvalue weighted by Crippen LogP contribution is -1.96. The highest BCUT2D eigenvalue weighted by molar-refractivity contribution is 8.13. The summed E-state index contributed by atoms with van der Waals surface area (Å²) in [6.45, 7) is 1.57. The molecule has 0 saturated carbocycles. The molecule has 0 saturated heterocycles. The maximum atomic E-state index is 11.1. The molecule has 0 amide bonds. The Morgan fingerprint density at radius 2 is 1.93 bits per heavy atom. The van der Waals surface area contributed by atoms with Gasteiger partial charge in [0.05, 0.1) is 17.0 Å². The lowest BCUT2D eigenvalue weighted by atomic mass is 10.2. The molecule has 0 unspecified atom stereocenters. The topological polar surface area (TPSA) is 43.4 Å². The third-order valence-electron chi connectivity index (χ3n) is 1.78. The molecule has 0 radical (unpaired) electrons. The van der Waals surface area contributed by atoms with Gasteiger partial charge in [-0.3, -0.25) is 0 Å². The molecule has 0 bridgehead atoms. The third kappa shape index (κ3) is 2.13. The zero-order chi connectivity index (χ0) is 10.9. The molecule has 0 aliphatic rings. The smallest absolute Gasteiger partial charge is 0.261 e. The Bertz CT molecular complexity index is 454. The second-order valence-corrected chi connectivity index (χ2v) is 5.56. The summed E-state index contributed by atoms with van der Waals surface area (Å²) in [5.74, 6) is 0.424. The summed E-state index contributed by atoms with van der Waals surface area (Å²) in [7, 11) is 2.91. The van der Waals surface area contributed by atoms with Crippen LogP contribution < -0.4 is 4.74 Å². The van der Waals surface area contributed by atoms with Crippen molar-refractivity contribution in [1.82, 2.24) is 0 Å². The number of benzene rings is 1. The van der Waals surface area contributed by atoms with Crippen molar-refractivity contribution in [3.05, 3.63) is 22.7 Å². The maximum absolute atomic E-state index is 11.1.